The summed E-state index contributed by atoms with van der Waals surface area (Å²) in [5.74, 6) is -0.937. The SMILES string of the molecule is CCN(CC1CCCO1)c1cc2c(cc1F)C(O)C(=O)N2. The molecule has 2 N–H and O–H groups in total. The molecule has 1 saturated heterocycles. The zero-order valence-electron chi connectivity index (χ0n) is 11.9. The Morgan fingerprint density at radius 3 is 3.00 bits per heavy atom. The van der Waals surface area contributed by atoms with Gasteiger partial charge in [-0.25, -0.2) is 4.39 Å². The van der Waals surface area contributed by atoms with E-state index in [0.717, 1.165) is 19.4 Å². The fourth-order valence-corrected chi connectivity index (χ4v) is 2.93. The van der Waals surface area contributed by atoms with E-state index >= 15 is 0 Å². The number of amides is 1. The number of anilines is 2. The van der Waals surface area contributed by atoms with Crippen molar-refractivity contribution in [3.63, 3.8) is 0 Å². The number of halogens is 1. The zero-order chi connectivity index (χ0) is 15.0. The van der Waals surface area contributed by atoms with E-state index in [4.69, 9.17) is 4.74 Å². The number of aliphatic hydroxyl groups is 1. The van der Waals surface area contributed by atoms with Crippen molar-refractivity contribution in [1.29, 1.82) is 0 Å². The van der Waals surface area contributed by atoms with Gasteiger partial charge in [0.25, 0.3) is 5.91 Å². The van der Waals surface area contributed by atoms with Crippen LogP contribution in [-0.2, 0) is 9.53 Å². The Balaban J connectivity index is 1.87. The van der Waals surface area contributed by atoms with Crippen LogP contribution in [0.15, 0.2) is 12.1 Å². The Kier molecular flexibility index (Phi) is 3.82. The first-order valence-corrected chi connectivity index (χ1v) is 7.29. The molecule has 2 aliphatic rings. The van der Waals surface area contributed by atoms with Crippen molar-refractivity contribution in [3.8, 4) is 0 Å². The number of nitrogens with zero attached hydrogens (tertiary/aromatic N) is 1. The molecule has 2 atom stereocenters. The molecular formula is C15H19FN2O3. The lowest BCUT2D eigenvalue weighted by Gasteiger charge is -2.27. The van der Waals surface area contributed by atoms with Gasteiger partial charge in [0.05, 0.1) is 11.8 Å². The van der Waals surface area contributed by atoms with Crippen LogP contribution < -0.4 is 10.2 Å². The second-order valence-electron chi connectivity index (χ2n) is 5.46. The summed E-state index contributed by atoms with van der Waals surface area (Å²) in [5, 5.41) is 12.3. The second-order valence-corrected chi connectivity index (χ2v) is 5.46. The fraction of sp³-hybridized carbons (Fsp3) is 0.533. The standard InChI is InChI=1S/C15H19FN2O3/c1-2-18(8-9-4-3-5-21-9)13-7-12-10(6-11(13)16)14(19)15(20)17-12/h6-7,9,14,19H,2-5,8H2,1H3,(H,17,20). The molecule has 1 aromatic carbocycles. The van der Waals surface area contributed by atoms with Crippen LogP contribution >= 0.6 is 0 Å². The summed E-state index contributed by atoms with van der Waals surface area (Å²) in [6.07, 6.45) is 0.866. The van der Waals surface area contributed by atoms with Gasteiger partial charge >= 0.3 is 0 Å². The average molecular weight is 294 g/mol. The third kappa shape index (κ3) is 2.61. The van der Waals surface area contributed by atoms with E-state index in [1.54, 1.807) is 6.07 Å². The number of ether oxygens (including phenoxy) is 1. The third-order valence-corrected chi connectivity index (χ3v) is 4.09. The van der Waals surface area contributed by atoms with Gasteiger partial charge in [0.1, 0.15) is 5.82 Å². The van der Waals surface area contributed by atoms with Crippen LogP contribution in [0.25, 0.3) is 0 Å². The van der Waals surface area contributed by atoms with E-state index in [-0.39, 0.29) is 6.10 Å². The summed E-state index contributed by atoms with van der Waals surface area (Å²) in [7, 11) is 0. The number of likely N-dealkylation sites (N-methyl/N-ethyl adjacent to an activating group) is 1. The van der Waals surface area contributed by atoms with Crippen molar-refractivity contribution in [2.45, 2.75) is 32.0 Å². The number of carbonyl (C=O) groups excluding carboxylic acids is 1. The predicted molar refractivity (Wildman–Crippen MR) is 76.9 cm³/mol. The highest BCUT2D eigenvalue weighted by molar-refractivity contribution is 6.02. The van der Waals surface area contributed by atoms with Crippen LogP contribution in [0.5, 0.6) is 0 Å². The maximum atomic E-state index is 14.3. The Morgan fingerprint density at radius 1 is 1.52 bits per heavy atom. The number of hydrogen-bond donors (Lipinski definition) is 2. The van der Waals surface area contributed by atoms with Crippen molar-refractivity contribution in [3.05, 3.63) is 23.5 Å². The molecule has 6 heteroatoms. The normalized spacial score (nSPS) is 24.0. The van der Waals surface area contributed by atoms with Crippen LogP contribution in [0.3, 0.4) is 0 Å². The minimum Gasteiger partial charge on any atom is -0.378 e. The topological polar surface area (TPSA) is 61.8 Å². The van der Waals surface area contributed by atoms with E-state index in [1.807, 2.05) is 11.8 Å². The van der Waals surface area contributed by atoms with Gasteiger partial charge in [-0.1, -0.05) is 0 Å². The molecule has 1 amide bonds. The van der Waals surface area contributed by atoms with Crippen LogP contribution in [0.2, 0.25) is 0 Å². The molecule has 3 rings (SSSR count). The van der Waals surface area contributed by atoms with E-state index in [0.29, 0.717) is 30.0 Å². The maximum Gasteiger partial charge on any atom is 0.257 e. The maximum absolute atomic E-state index is 14.3. The number of nitrogens with one attached hydrogen (secondary N) is 1. The van der Waals surface area contributed by atoms with Crippen LogP contribution in [-0.4, -0.2) is 36.8 Å². The number of hydrogen-bond acceptors (Lipinski definition) is 4. The Hall–Kier alpha value is -1.66. The van der Waals surface area contributed by atoms with Gasteiger partial charge in [0, 0.05) is 30.9 Å². The second kappa shape index (κ2) is 5.61. The summed E-state index contributed by atoms with van der Waals surface area (Å²) < 4.78 is 19.9. The van der Waals surface area contributed by atoms with Crippen molar-refractivity contribution in [2.24, 2.45) is 0 Å². The van der Waals surface area contributed by atoms with Crippen LogP contribution in [0, 0.1) is 5.82 Å². The first kappa shape index (κ1) is 14.3. The van der Waals surface area contributed by atoms with Crippen LogP contribution in [0.4, 0.5) is 15.8 Å². The summed E-state index contributed by atoms with van der Waals surface area (Å²) in [4.78, 5) is 13.4. The molecule has 0 aliphatic carbocycles. The fourth-order valence-electron chi connectivity index (χ4n) is 2.93. The van der Waals surface area contributed by atoms with Crippen molar-refractivity contribution in [1.82, 2.24) is 0 Å². The first-order valence-electron chi connectivity index (χ1n) is 7.29. The molecule has 5 nitrogen and oxygen atoms in total. The highest BCUT2D eigenvalue weighted by atomic mass is 19.1. The minimum atomic E-state index is -1.28. The van der Waals surface area contributed by atoms with Crippen molar-refractivity contribution >= 4 is 17.3 Å². The van der Waals surface area contributed by atoms with Gasteiger partial charge in [0.2, 0.25) is 0 Å². The van der Waals surface area contributed by atoms with Gasteiger partial charge in [-0.3, -0.25) is 4.79 Å². The summed E-state index contributed by atoms with van der Waals surface area (Å²) in [6.45, 7) is 3.99. The van der Waals surface area contributed by atoms with E-state index in [9.17, 15) is 14.3 Å². The van der Waals surface area contributed by atoms with E-state index in [2.05, 4.69) is 5.32 Å². The average Bonchev–Trinajstić information content (AvgIpc) is 3.06. The van der Waals surface area contributed by atoms with Gasteiger partial charge in [-0.2, -0.15) is 0 Å². The predicted octanol–water partition coefficient (Wildman–Crippen LogP) is 1.82. The lowest BCUT2D eigenvalue weighted by atomic mass is 10.1. The molecule has 114 valence electrons. The Labute approximate surface area is 122 Å². The van der Waals surface area contributed by atoms with Crippen molar-refractivity contribution < 1.29 is 19.0 Å². The van der Waals surface area contributed by atoms with Gasteiger partial charge in [0.15, 0.2) is 6.10 Å². The number of carbonyl (C=O) groups is 1. The number of rotatable bonds is 4. The number of fused-ring (bicyclic) bond motifs is 1. The molecular weight excluding hydrogens is 275 g/mol. The molecule has 0 bridgehead atoms. The number of benzene rings is 1. The molecule has 0 spiro atoms. The third-order valence-electron chi connectivity index (χ3n) is 4.09. The largest absolute Gasteiger partial charge is 0.378 e. The lowest BCUT2D eigenvalue weighted by molar-refractivity contribution is -0.123. The van der Waals surface area contributed by atoms with Crippen LogP contribution in [0.1, 0.15) is 31.4 Å². The highest BCUT2D eigenvalue weighted by Crippen LogP contribution is 2.36. The van der Waals surface area contributed by atoms with Crippen molar-refractivity contribution in [2.75, 3.05) is 29.9 Å². The summed E-state index contributed by atoms with van der Waals surface area (Å²) >= 11 is 0. The van der Waals surface area contributed by atoms with Gasteiger partial charge in [-0.15, -0.1) is 0 Å². The van der Waals surface area contributed by atoms with E-state index in [1.165, 1.54) is 6.07 Å². The Morgan fingerprint density at radius 2 is 2.33 bits per heavy atom. The molecule has 0 saturated carbocycles. The van der Waals surface area contributed by atoms with Gasteiger partial charge < -0.3 is 20.1 Å². The zero-order valence-corrected chi connectivity index (χ0v) is 11.9. The van der Waals surface area contributed by atoms with Gasteiger partial charge in [-0.05, 0) is 31.9 Å². The molecule has 1 fully saturated rings. The molecule has 21 heavy (non-hydrogen) atoms. The van der Waals surface area contributed by atoms with E-state index < -0.39 is 17.8 Å². The molecule has 0 aromatic heterocycles. The first-order chi connectivity index (χ1) is 10.1. The lowest BCUT2D eigenvalue weighted by Crippen LogP contribution is -2.32. The summed E-state index contributed by atoms with van der Waals surface area (Å²) in [6, 6.07) is 2.84. The molecule has 2 unspecified atom stereocenters. The minimum absolute atomic E-state index is 0.123. The Bertz CT molecular complexity index is 558. The number of aliphatic hydroxyl groups excluding tert-OH is 1. The quantitative estimate of drug-likeness (QED) is 0.889. The highest BCUT2D eigenvalue weighted by Gasteiger charge is 2.31. The smallest absolute Gasteiger partial charge is 0.257 e. The molecule has 1 aromatic rings. The summed E-state index contributed by atoms with van der Waals surface area (Å²) in [5.41, 5.74) is 1.21. The molecule has 2 heterocycles. The monoisotopic (exact) mass is 294 g/mol. The molecule has 0 radical (unpaired) electrons. The molecule has 2 aliphatic heterocycles.